The van der Waals surface area contributed by atoms with E-state index in [2.05, 4.69) is 55.3 Å². The molecule has 4 aliphatic carbocycles. The van der Waals surface area contributed by atoms with Gasteiger partial charge in [-0.3, -0.25) is 4.79 Å². The maximum Gasteiger partial charge on any atom is 0.220 e. The van der Waals surface area contributed by atoms with Gasteiger partial charge in [0.25, 0.3) is 0 Å². The molecule has 0 unspecified atom stereocenters. The minimum Gasteiger partial charge on any atom is -0.393 e. The van der Waals surface area contributed by atoms with E-state index in [-0.39, 0.29) is 28.9 Å². The van der Waals surface area contributed by atoms with Gasteiger partial charge in [-0.1, -0.05) is 39.0 Å². The first-order chi connectivity index (χ1) is 18.7. The Morgan fingerprint density at radius 3 is 2.64 bits per heavy atom. The lowest BCUT2D eigenvalue weighted by Crippen LogP contribution is -2.58. The van der Waals surface area contributed by atoms with Gasteiger partial charge < -0.3 is 20.5 Å². The van der Waals surface area contributed by atoms with Crippen LogP contribution in [0.3, 0.4) is 0 Å². The molecular weight excluding hydrogens is 484 g/mol. The zero-order valence-electron chi connectivity index (χ0n) is 24.3. The highest BCUT2D eigenvalue weighted by Gasteiger charge is 2.62. The van der Waals surface area contributed by atoms with E-state index in [0.29, 0.717) is 48.5 Å². The van der Waals surface area contributed by atoms with Crippen LogP contribution in [-0.2, 0) is 11.2 Å². The molecule has 214 valence electrons. The fraction of sp³-hybridized carbons (Fsp3) is 0.735. The largest absolute Gasteiger partial charge is 0.393 e. The smallest absolute Gasteiger partial charge is 0.220 e. The van der Waals surface area contributed by atoms with Crippen molar-refractivity contribution >= 4 is 16.8 Å². The molecule has 0 spiro atoms. The minimum atomic E-state index is -0.222. The molecule has 5 heteroatoms. The molecule has 2 aromatic rings. The van der Waals surface area contributed by atoms with Crippen LogP contribution in [0.2, 0.25) is 0 Å². The molecule has 0 bridgehead atoms. The fourth-order valence-corrected chi connectivity index (χ4v) is 10.4. The van der Waals surface area contributed by atoms with Crippen LogP contribution in [0.5, 0.6) is 0 Å². The van der Waals surface area contributed by atoms with Crippen molar-refractivity contribution in [2.24, 2.45) is 46.3 Å². The van der Waals surface area contributed by atoms with Crippen LogP contribution in [0.15, 0.2) is 30.3 Å². The van der Waals surface area contributed by atoms with Gasteiger partial charge in [0.05, 0.1) is 12.2 Å². The maximum atomic E-state index is 12.7. The second-order valence-electron chi connectivity index (χ2n) is 14.5. The van der Waals surface area contributed by atoms with Gasteiger partial charge in [-0.15, -0.1) is 0 Å². The Labute approximate surface area is 234 Å². The molecule has 1 amide bonds. The Bertz CT molecular complexity index is 1140. The Balaban J connectivity index is 1.03. The SMILES string of the molecule is C[C@H](CCC(=O)NCCc1cc2ccccc2[nH]1)[C@H]1CC[C@H]2[C@@H]3[C@@H](O)C[C@@H]4C[C@H](O)CC[C@]4(C)[C@H]3CC[C@]12C. The zero-order chi connectivity index (χ0) is 27.4. The Kier molecular flexibility index (Phi) is 7.37. The predicted molar refractivity (Wildman–Crippen MR) is 156 cm³/mol. The van der Waals surface area contributed by atoms with Crippen molar-refractivity contribution in [1.82, 2.24) is 10.3 Å². The quantitative estimate of drug-likeness (QED) is 0.340. The van der Waals surface area contributed by atoms with Crippen LogP contribution in [0, 0.1) is 46.3 Å². The van der Waals surface area contributed by atoms with Gasteiger partial charge in [0, 0.05) is 30.6 Å². The summed E-state index contributed by atoms with van der Waals surface area (Å²) in [5.41, 5.74) is 2.86. The number of rotatable bonds is 7. The van der Waals surface area contributed by atoms with E-state index in [4.69, 9.17) is 0 Å². The van der Waals surface area contributed by atoms with Crippen molar-refractivity contribution in [3.63, 3.8) is 0 Å². The lowest BCUT2D eigenvalue weighted by molar-refractivity contribution is -0.174. The number of H-pyrrole nitrogens is 1. The predicted octanol–water partition coefficient (Wildman–Crippen LogP) is 6.23. The molecule has 1 aromatic heterocycles. The van der Waals surface area contributed by atoms with Gasteiger partial charge in [0.1, 0.15) is 0 Å². The highest BCUT2D eigenvalue weighted by Crippen LogP contribution is 2.68. The summed E-state index contributed by atoms with van der Waals surface area (Å²) in [4.78, 5) is 16.2. The van der Waals surface area contributed by atoms with Crippen LogP contribution in [0.4, 0.5) is 0 Å². The number of carbonyl (C=O) groups is 1. The molecule has 0 aliphatic heterocycles. The molecule has 39 heavy (non-hydrogen) atoms. The monoisotopic (exact) mass is 534 g/mol. The van der Waals surface area contributed by atoms with Crippen LogP contribution in [0.1, 0.15) is 90.7 Å². The molecule has 4 saturated carbocycles. The molecule has 6 rings (SSSR count). The van der Waals surface area contributed by atoms with E-state index in [0.717, 1.165) is 44.0 Å². The number of hydrogen-bond donors (Lipinski definition) is 4. The number of aliphatic hydroxyl groups is 2. The molecule has 0 saturated heterocycles. The van der Waals surface area contributed by atoms with E-state index in [9.17, 15) is 15.0 Å². The van der Waals surface area contributed by atoms with E-state index >= 15 is 0 Å². The summed E-state index contributed by atoms with van der Waals surface area (Å²) in [7, 11) is 0. The van der Waals surface area contributed by atoms with Crippen molar-refractivity contribution in [3.8, 4) is 0 Å². The summed E-state index contributed by atoms with van der Waals surface area (Å²) < 4.78 is 0. The lowest BCUT2D eigenvalue weighted by Gasteiger charge is -2.62. The van der Waals surface area contributed by atoms with Gasteiger partial charge in [-0.2, -0.15) is 0 Å². The van der Waals surface area contributed by atoms with E-state index in [1.807, 2.05) is 6.07 Å². The van der Waals surface area contributed by atoms with Crippen molar-refractivity contribution in [2.75, 3.05) is 6.54 Å². The van der Waals surface area contributed by atoms with Gasteiger partial charge in [-0.25, -0.2) is 0 Å². The number of aromatic nitrogens is 1. The molecule has 1 heterocycles. The number of hydrogen-bond acceptors (Lipinski definition) is 3. The number of amides is 1. The number of fused-ring (bicyclic) bond motifs is 6. The summed E-state index contributed by atoms with van der Waals surface area (Å²) >= 11 is 0. The third kappa shape index (κ3) is 4.86. The van der Waals surface area contributed by atoms with Gasteiger partial charge >= 0.3 is 0 Å². The minimum absolute atomic E-state index is 0.169. The maximum absolute atomic E-state index is 12.7. The van der Waals surface area contributed by atoms with Gasteiger partial charge in [0.15, 0.2) is 0 Å². The molecule has 4 N–H and O–H groups in total. The van der Waals surface area contributed by atoms with E-state index in [1.54, 1.807) is 0 Å². The number of nitrogens with one attached hydrogen (secondary N) is 2. The highest BCUT2D eigenvalue weighted by atomic mass is 16.3. The van der Waals surface area contributed by atoms with Crippen molar-refractivity contribution < 1.29 is 15.0 Å². The number of aliphatic hydroxyl groups excluding tert-OH is 2. The van der Waals surface area contributed by atoms with Crippen molar-refractivity contribution in [2.45, 2.75) is 104 Å². The van der Waals surface area contributed by atoms with E-state index < -0.39 is 0 Å². The second kappa shape index (κ2) is 10.5. The third-order valence-corrected chi connectivity index (χ3v) is 12.5. The average molecular weight is 535 g/mol. The van der Waals surface area contributed by atoms with E-state index in [1.165, 1.54) is 36.8 Å². The normalized spacial score (nSPS) is 40.5. The summed E-state index contributed by atoms with van der Waals surface area (Å²) in [5, 5.41) is 26.2. The van der Waals surface area contributed by atoms with Gasteiger partial charge in [0.2, 0.25) is 5.91 Å². The standard InChI is InChI=1S/C34H50N2O3/c1-21(8-11-31(39)35-17-14-24-18-22-6-4-5-7-29(22)36-24)26-9-10-27-32-28(13-16-34(26,27)3)33(2)15-12-25(37)19-23(33)20-30(32)38/h4-7,18,21,23,25-28,30,32,36-38H,8-17,19-20H2,1-3H3,(H,35,39)/t21-,23+,25-,26-,27+,28+,30+,32+,33+,34-/m1/s1. The van der Waals surface area contributed by atoms with Crippen molar-refractivity contribution in [1.29, 1.82) is 0 Å². The number of para-hydroxylation sites is 1. The molecule has 10 atom stereocenters. The topological polar surface area (TPSA) is 85.4 Å². The number of aromatic amines is 1. The first kappa shape index (κ1) is 27.3. The second-order valence-corrected chi connectivity index (χ2v) is 14.5. The highest BCUT2D eigenvalue weighted by molar-refractivity contribution is 5.80. The molecule has 0 radical (unpaired) electrons. The summed E-state index contributed by atoms with van der Waals surface area (Å²) in [6, 6.07) is 10.5. The van der Waals surface area contributed by atoms with Crippen LogP contribution in [-0.4, -0.2) is 39.9 Å². The Hall–Kier alpha value is -1.85. The van der Waals surface area contributed by atoms with Crippen LogP contribution in [0.25, 0.3) is 10.9 Å². The Morgan fingerprint density at radius 1 is 1.05 bits per heavy atom. The average Bonchev–Trinajstić information content (AvgIpc) is 3.48. The Morgan fingerprint density at radius 2 is 1.82 bits per heavy atom. The van der Waals surface area contributed by atoms with Crippen molar-refractivity contribution in [3.05, 3.63) is 36.0 Å². The number of benzene rings is 1. The summed E-state index contributed by atoms with van der Waals surface area (Å²) in [5.74, 6) is 3.38. The molecule has 4 fully saturated rings. The molecular formula is C34H50N2O3. The van der Waals surface area contributed by atoms with Crippen LogP contribution < -0.4 is 5.32 Å². The number of carbonyl (C=O) groups excluding carboxylic acids is 1. The first-order valence-electron chi connectivity index (χ1n) is 15.9. The first-order valence-corrected chi connectivity index (χ1v) is 15.9. The zero-order valence-corrected chi connectivity index (χ0v) is 24.3. The summed E-state index contributed by atoms with van der Waals surface area (Å²) in [6.45, 7) is 8.05. The molecule has 1 aromatic carbocycles. The summed E-state index contributed by atoms with van der Waals surface area (Å²) in [6.07, 6.45) is 10.7. The van der Waals surface area contributed by atoms with Crippen LogP contribution >= 0.6 is 0 Å². The molecule has 5 nitrogen and oxygen atoms in total. The fourth-order valence-electron chi connectivity index (χ4n) is 10.4. The molecule has 4 aliphatic rings. The van der Waals surface area contributed by atoms with Gasteiger partial charge in [-0.05, 0) is 122 Å². The third-order valence-electron chi connectivity index (χ3n) is 12.5. The lowest BCUT2D eigenvalue weighted by atomic mass is 9.43.